The molecule has 454 valence electrons. The molecule has 2 aliphatic rings. The number of carbonyl (C=O) groups is 5. The second kappa shape index (κ2) is 27.1. The van der Waals surface area contributed by atoms with Crippen molar-refractivity contribution < 1.29 is 38.3 Å². The van der Waals surface area contributed by atoms with Crippen LogP contribution in [0.15, 0.2) is 276 Å². The number of benzene rings is 8. The fourth-order valence-corrected chi connectivity index (χ4v) is 14.4. The molecule has 2 atom stereocenters. The van der Waals surface area contributed by atoms with E-state index in [1.54, 1.807) is 48.7 Å². The highest BCUT2D eigenvalue weighted by Gasteiger charge is 2.55. The number of aryl methyl sites for hydroxylation is 1. The Bertz CT molecular complexity index is 4360. The number of carbonyl (C=O) groups excluding carboxylic acids is 5. The van der Waals surface area contributed by atoms with E-state index in [0.29, 0.717) is 32.6 Å². The summed E-state index contributed by atoms with van der Waals surface area (Å²) >= 11 is 3.85. The summed E-state index contributed by atoms with van der Waals surface area (Å²) in [5.74, 6) is -3.55. The number of aromatic nitrogens is 5. The van der Waals surface area contributed by atoms with E-state index in [9.17, 15) is 9.59 Å². The van der Waals surface area contributed by atoms with E-state index < -0.39 is 58.9 Å². The van der Waals surface area contributed by atoms with Crippen molar-refractivity contribution in [2.24, 2.45) is 5.16 Å². The summed E-state index contributed by atoms with van der Waals surface area (Å²) < 4.78 is 14.1. The highest BCUT2D eigenvalue weighted by Crippen LogP contribution is 2.44. The van der Waals surface area contributed by atoms with E-state index in [4.69, 9.17) is 19.3 Å². The zero-order chi connectivity index (χ0) is 63.0. The number of anilines is 1. The van der Waals surface area contributed by atoms with Crippen LogP contribution < -0.4 is 10.6 Å². The summed E-state index contributed by atoms with van der Waals surface area (Å²) in [4.78, 5) is 93.8. The Hall–Kier alpha value is -10.8. The molecular formula is C72H55N9O8S3. The van der Waals surface area contributed by atoms with Crippen molar-refractivity contribution in [1.82, 2.24) is 34.8 Å². The molecular weight excluding hydrogens is 1220 g/mol. The van der Waals surface area contributed by atoms with Gasteiger partial charge in [-0.1, -0.05) is 236 Å². The lowest BCUT2D eigenvalue weighted by Gasteiger charge is -2.49. The minimum atomic E-state index is -1.20. The van der Waals surface area contributed by atoms with Crippen molar-refractivity contribution in [3.05, 3.63) is 327 Å². The van der Waals surface area contributed by atoms with Crippen LogP contribution >= 0.6 is 34.9 Å². The Morgan fingerprint density at radius 2 is 1.10 bits per heavy atom. The summed E-state index contributed by atoms with van der Waals surface area (Å²) in [5.41, 5.74) is 5.66. The largest absolute Gasteiger partial charge is 0.448 e. The number of thioether (sulfide) groups is 2. The van der Waals surface area contributed by atoms with Gasteiger partial charge in [-0.15, -0.1) is 40.0 Å². The van der Waals surface area contributed by atoms with Crippen LogP contribution in [-0.2, 0) is 34.2 Å². The van der Waals surface area contributed by atoms with E-state index in [1.807, 2.05) is 212 Å². The average molecular weight is 1270 g/mol. The highest BCUT2D eigenvalue weighted by atomic mass is 32.2. The number of oxime groups is 1. The molecule has 0 bridgehead atoms. The molecule has 2 N–H and O–H groups in total. The summed E-state index contributed by atoms with van der Waals surface area (Å²) in [6, 6.07) is 76.0. The predicted octanol–water partition coefficient (Wildman–Crippen LogP) is 12.6. The molecule has 1 fully saturated rings. The van der Waals surface area contributed by atoms with E-state index in [2.05, 4.69) is 30.9 Å². The van der Waals surface area contributed by atoms with Crippen LogP contribution in [0.3, 0.4) is 0 Å². The van der Waals surface area contributed by atoms with Crippen molar-refractivity contribution in [2.45, 2.75) is 41.1 Å². The van der Waals surface area contributed by atoms with E-state index in [1.165, 1.54) is 44.3 Å². The number of thiazole rings is 1. The quantitative estimate of drug-likeness (QED) is 0.0100. The maximum atomic E-state index is 15.3. The lowest BCUT2D eigenvalue weighted by Crippen LogP contribution is -2.71. The van der Waals surface area contributed by atoms with E-state index in [-0.39, 0.29) is 45.8 Å². The standard InChI is InChI=1S/C72H55N9O8S3/c1-46-42-57(81-70(73-46)76-63(78-81)69(86)88-62(49-30-14-4-15-31-49)50-32-16-5-17-33-50)90-43-52-44-91-66-59(65(83)80(66)60(52)68(85)87-61(47-26-10-2-11-27-47)48-28-12-3-13-29-48)75-64(82)58(79-89-67(84)51-34-18-6-19-35-51)56-45-92-71(74-56)77-72(53-36-20-7-21-37-53,54-38-22-8-23-39-54)55-40-24-9-25-41-55/h2-42,45,59,61-62,66H,43-44H2,1H3,(H,74,77)(H,75,82)/b79-58-/t59-,66-/m1/s1. The molecule has 2 amide bonds. The molecule has 2 aliphatic heterocycles. The van der Waals surface area contributed by atoms with Crippen LogP contribution in [0.4, 0.5) is 5.13 Å². The molecule has 92 heavy (non-hydrogen) atoms. The third kappa shape index (κ3) is 12.6. The monoisotopic (exact) mass is 1270 g/mol. The smallest absolute Gasteiger partial charge is 0.379 e. The molecule has 3 aromatic heterocycles. The van der Waals surface area contributed by atoms with Gasteiger partial charge in [-0.25, -0.2) is 24.4 Å². The third-order valence-corrected chi connectivity index (χ3v) is 18.7. The molecule has 0 radical (unpaired) electrons. The number of nitrogens with zero attached hydrogens (tertiary/aromatic N) is 7. The fraction of sp³-hybridized carbons (Fsp3) is 0.111. The summed E-state index contributed by atoms with van der Waals surface area (Å²) in [5, 5.41) is 17.2. The van der Waals surface area contributed by atoms with Gasteiger partial charge in [0.25, 0.3) is 23.4 Å². The van der Waals surface area contributed by atoms with Gasteiger partial charge in [-0.2, -0.15) is 9.50 Å². The molecule has 13 rings (SSSR count). The number of rotatable bonds is 21. The molecule has 11 aromatic rings. The molecule has 0 unspecified atom stereocenters. The molecule has 1 saturated heterocycles. The molecule has 0 spiro atoms. The van der Waals surface area contributed by atoms with Crippen LogP contribution in [0.2, 0.25) is 0 Å². The zero-order valence-electron chi connectivity index (χ0n) is 49.1. The molecule has 8 aromatic carbocycles. The van der Waals surface area contributed by atoms with Crippen molar-refractivity contribution in [3.63, 3.8) is 0 Å². The fourth-order valence-electron chi connectivity index (χ4n) is 11.1. The molecule has 5 heterocycles. The number of fused-ring (bicyclic) bond motifs is 2. The van der Waals surface area contributed by atoms with Gasteiger partial charge in [-0.05, 0) is 69.6 Å². The number of ether oxygens (including phenoxy) is 2. The topological polar surface area (TPSA) is 209 Å². The minimum Gasteiger partial charge on any atom is -0.448 e. The number of amides is 2. The highest BCUT2D eigenvalue weighted by molar-refractivity contribution is 8.01. The minimum absolute atomic E-state index is 0.00554. The Morgan fingerprint density at radius 3 is 1.61 bits per heavy atom. The van der Waals surface area contributed by atoms with Gasteiger partial charge in [0, 0.05) is 22.6 Å². The first kappa shape index (κ1) is 60.1. The van der Waals surface area contributed by atoms with Crippen LogP contribution in [0, 0.1) is 6.92 Å². The normalized spacial score (nSPS) is 14.8. The first-order chi connectivity index (χ1) is 45.1. The van der Waals surface area contributed by atoms with Crippen LogP contribution in [0.25, 0.3) is 5.78 Å². The Balaban J connectivity index is 0.814. The number of β-lactam (4-membered cyclic amide) rings is 1. The van der Waals surface area contributed by atoms with E-state index in [0.717, 1.165) is 27.8 Å². The first-order valence-electron chi connectivity index (χ1n) is 29.3. The average Bonchev–Trinajstić information content (AvgIpc) is 0.786. The summed E-state index contributed by atoms with van der Waals surface area (Å²) in [7, 11) is 0. The van der Waals surface area contributed by atoms with Crippen molar-refractivity contribution in [3.8, 4) is 0 Å². The Morgan fingerprint density at radius 1 is 0.620 bits per heavy atom. The summed E-state index contributed by atoms with van der Waals surface area (Å²) in [6.45, 7) is 1.79. The van der Waals surface area contributed by atoms with Crippen molar-refractivity contribution in [1.29, 1.82) is 0 Å². The van der Waals surface area contributed by atoms with Crippen LogP contribution in [-0.4, -0.2) is 87.8 Å². The maximum absolute atomic E-state index is 15.3. The van der Waals surface area contributed by atoms with Gasteiger partial charge in [0.1, 0.15) is 33.4 Å². The second-order valence-electron chi connectivity index (χ2n) is 21.4. The number of hydrogen-bond acceptors (Lipinski definition) is 17. The lowest BCUT2D eigenvalue weighted by molar-refractivity contribution is -0.154. The van der Waals surface area contributed by atoms with Gasteiger partial charge in [0.05, 0.1) is 5.56 Å². The third-order valence-electron chi connectivity index (χ3n) is 15.5. The van der Waals surface area contributed by atoms with Gasteiger partial charge in [0.2, 0.25) is 0 Å². The molecule has 20 heteroatoms. The predicted molar refractivity (Wildman–Crippen MR) is 353 cm³/mol. The SMILES string of the molecule is Cc1cc(SCC2=C(C(=O)OC(c3ccccc3)c3ccccc3)N3C(=O)[C@@H](NC(=O)/C(=N\OC(=O)c4ccccc4)c4csc(NC(c5ccccc5)(c5ccccc5)c5ccccc5)n4)[C@H]3SC2)n2nc(C(=O)OC(c3ccccc3)c3ccccc3)nc2n1. The Kier molecular flexibility index (Phi) is 17.7. The lowest BCUT2D eigenvalue weighted by atomic mass is 9.77. The van der Waals surface area contributed by atoms with Crippen LogP contribution in [0.1, 0.15) is 83.5 Å². The number of hydrogen-bond donors (Lipinski definition) is 2. The van der Waals surface area contributed by atoms with E-state index >= 15 is 14.4 Å². The molecule has 0 aliphatic carbocycles. The van der Waals surface area contributed by atoms with Gasteiger partial charge < -0.3 is 24.9 Å². The Labute approximate surface area is 541 Å². The molecule has 0 saturated carbocycles. The maximum Gasteiger partial charge on any atom is 0.379 e. The van der Waals surface area contributed by atoms with Crippen molar-refractivity contribution >= 4 is 81.2 Å². The van der Waals surface area contributed by atoms with Gasteiger partial charge in [0.15, 0.2) is 23.1 Å². The zero-order valence-corrected chi connectivity index (χ0v) is 51.5. The number of esters is 2. The first-order valence-corrected chi connectivity index (χ1v) is 32.2. The van der Waals surface area contributed by atoms with Gasteiger partial charge >= 0.3 is 17.9 Å². The van der Waals surface area contributed by atoms with Crippen molar-refractivity contribution in [2.75, 3.05) is 16.8 Å². The summed E-state index contributed by atoms with van der Waals surface area (Å²) in [6.07, 6.45) is -1.63. The number of nitrogens with one attached hydrogen (secondary N) is 2. The van der Waals surface area contributed by atoms with Crippen LogP contribution in [0.5, 0.6) is 0 Å². The van der Waals surface area contributed by atoms with Gasteiger partial charge in [-0.3, -0.25) is 14.5 Å². The molecule has 17 nitrogen and oxygen atoms in total. The second-order valence-corrected chi connectivity index (χ2v) is 24.4.